The Bertz CT molecular complexity index is 454. The number of benzene rings is 1. The zero-order chi connectivity index (χ0) is 13.3. The van der Waals surface area contributed by atoms with Gasteiger partial charge in [-0.05, 0) is 44.4 Å². The minimum absolute atomic E-state index is 0.441. The lowest BCUT2D eigenvalue weighted by molar-refractivity contribution is -0.264. The van der Waals surface area contributed by atoms with E-state index in [0.29, 0.717) is 19.1 Å². The van der Waals surface area contributed by atoms with E-state index in [-0.39, 0.29) is 0 Å². The second-order valence-corrected chi connectivity index (χ2v) is 5.91. The van der Waals surface area contributed by atoms with Gasteiger partial charge < -0.3 is 14.8 Å². The first-order valence-corrected chi connectivity index (χ1v) is 7.24. The van der Waals surface area contributed by atoms with Crippen molar-refractivity contribution in [3.05, 3.63) is 34.9 Å². The van der Waals surface area contributed by atoms with Gasteiger partial charge in [0.2, 0.25) is 0 Å². The molecule has 19 heavy (non-hydrogen) atoms. The van der Waals surface area contributed by atoms with E-state index in [4.69, 9.17) is 9.47 Å². The van der Waals surface area contributed by atoms with E-state index in [0.717, 1.165) is 13.1 Å². The van der Waals surface area contributed by atoms with Crippen LogP contribution in [-0.4, -0.2) is 18.9 Å². The average molecular weight is 261 g/mol. The van der Waals surface area contributed by atoms with Crippen molar-refractivity contribution in [1.29, 1.82) is 0 Å². The van der Waals surface area contributed by atoms with Crippen molar-refractivity contribution in [1.82, 2.24) is 5.32 Å². The lowest BCUT2D eigenvalue weighted by atomic mass is 9.91. The fourth-order valence-corrected chi connectivity index (χ4v) is 3.05. The summed E-state index contributed by atoms with van der Waals surface area (Å²) in [6.07, 6.45) is 2.39. The van der Waals surface area contributed by atoms with Crippen molar-refractivity contribution < 1.29 is 9.47 Å². The van der Waals surface area contributed by atoms with E-state index in [2.05, 4.69) is 37.4 Å². The number of nitrogens with one attached hydrogen (secondary N) is 1. The Labute approximate surface area is 115 Å². The van der Waals surface area contributed by atoms with Crippen LogP contribution in [0.4, 0.5) is 0 Å². The Kier molecular flexibility index (Phi) is 3.61. The molecule has 1 aromatic carbocycles. The molecule has 3 nitrogen and oxygen atoms in total. The maximum absolute atomic E-state index is 6.15. The second kappa shape index (κ2) is 5.23. The number of hydrogen-bond donors (Lipinski definition) is 1. The summed E-state index contributed by atoms with van der Waals surface area (Å²) in [6, 6.07) is 6.52. The lowest BCUT2D eigenvalue weighted by Gasteiger charge is -2.38. The molecule has 0 spiro atoms. The summed E-state index contributed by atoms with van der Waals surface area (Å²) in [4.78, 5) is 0. The predicted molar refractivity (Wildman–Crippen MR) is 74.8 cm³/mol. The monoisotopic (exact) mass is 261 g/mol. The number of ether oxygens (including phenoxy) is 2. The normalized spacial score (nSPS) is 31.6. The summed E-state index contributed by atoms with van der Waals surface area (Å²) >= 11 is 0. The van der Waals surface area contributed by atoms with Crippen LogP contribution in [0.3, 0.4) is 0 Å². The van der Waals surface area contributed by atoms with E-state index >= 15 is 0 Å². The van der Waals surface area contributed by atoms with Crippen LogP contribution >= 0.6 is 0 Å². The fourth-order valence-electron chi connectivity index (χ4n) is 3.05. The smallest absolute Gasteiger partial charge is 0.170 e. The van der Waals surface area contributed by atoms with Gasteiger partial charge in [-0.2, -0.15) is 0 Å². The van der Waals surface area contributed by atoms with Gasteiger partial charge in [0, 0.05) is 12.5 Å². The molecule has 0 bridgehead atoms. The summed E-state index contributed by atoms with van der Waals surface area (Å²) in [6.45, 7) is 7.64. The molecule has 1 saturated heterocycles. The van der Waals surface area contributed by atoms with Crippen LogP contribution in [0.2, 0.25) is 0 Å². The zero-order valence-electron chi connectivity index (χ0n) is 11.9. The first-order chi connectivity index (χ1) is 9.17. The van der Waals surface area contributed by atoms with E-state index in [1.807, 2.05) is 0 Å². The van der Waals surface area contributed by atoms with Crippen LogP contribution in [0.1, 0.15) is 36.5 Å². The molecule has 2 atom stereocenters. The van der Waals surface area contributed by atoms with Crippen LogP contribution in [0.15, 0.2) is 18.2 Å². The molecule has 3 rings (SSSR count). The van der Waals surface area contributed by atoms with Crippen LogP contribution in [0.5, 0.6) is 0 Å². The molecule has 104 valence electrons. The second-order valence-electron chi connectivity index (χ2n) is 5.91. The van der Waals surface area contributed by atoms with Gasteiger partial charge in [0.05, 0.1) is 13.2 Å². The summed E-state index contributed by atoms with van der Waals surface area (Å²) in [5.41, 5.74) is 3.82. The fraction of sp³-hybridized carbons (Fsp3) is 0.625. The average Bonchev–Trinajstić information content (AvgIpc) is 2.61. The highest BCUT2D eigenvalue weighted by atomic mass is 16.7. The lowest BCUT2D eigenvalue weighted by Crippen LogP contribution is -2.47. The number of hydrogen-bond acceptors (Lipinski definition) is 3. The molecule has 0 aliphatic carbocycles. The summed E-state index contributed by atoms with van der Waals surface area (Å²) in [7, 11) is 0. The van der Waals surface area contributed by atoms with E-state index in [9.17, 15) is 0 Å². The summed E-state index contributed by atoms with van der Waals surface area (Å²) in [5, 5.41) is 3.45. The van der Waals surface area contributed by atoms with Gasteiger partial charge in [0.15, 0.2) is 5.79 Å². The maximum atomic E-state index is 6.15. The van der Waals surface area contributed by atoms with Crippen molar-refractivity contribution in [2.45, 2.75) is 45.7 Å². The van der Waals surface area contributed by atoms with Crippen molar-refractivity contribution in [2.24, 2.45) is 5.92 Å². The standard InChI is InChI=1S/C16H23NO2/c1-12-5-6-13-10-18-16(2,19-11-14(13)8-12)15-4-3-7-17-9-15/h5-6,8,15,17H,3-4,7,9-11H2,1-2H3. The Balaban J connectivity index is 1.78. The van der Waals surface area contributed by atoms with Gasteiger partial charge in [-0.1, -0.05) is 23.8 Å². The third-order valence-corrected chi connectivity index (χ3v) is 4.43. The van der Waals surface area contributed by atoms with Crippen LogP contribution in [-0.2, 0) is 22.7 Å². The first-order valence-electron chi connectivity index (χ1n) is 7.24. The molecule has 2 aliphatic rings. The van der Waals surface area contributed by atoms with Gasteiger partial charge in [0.25, 0.3) is 0 Å². The Morgan fingerprint density at radius 1 is 1.21 bits per heavy atom. The molecule has 0 radical (unpaired) electrons. The Hall–Kier alpha value is -0.900. The topological polar surface area (TPSA) is 30.5 Å². The van der Waals surface area contributed by atoms with E-state index in [1.165, 1.54) is 29.5 Å². The number of aryl methyl sites for hydroxylation is 1. The molecule has 2 unspecified atom stereocenters. The highest BCUT2D eigenvalue weighted by Gasteiger charge is 2.38. The molecule has 2 heterocycles. The molecule has 0 saturated carbocycles. The van der Waals surface area contributed by atoms with Gasteiger partial charge in [-0.3, -0.25) is 0 Å². The third kappa shape index (κ3) is 2.69. The number of rotatable bonds is 1. The zero-order valence-corrected chi connectivity index (χ0v) is 11.9. The maximum Gasteiger partial charge on any atom is 0.170 e. The van der Waals surface area contributed by atoms with Crippen molar-refractivity contribution in [2.75, 3.05) is 13.1 Å². The van der Waals surface area contributed by atoms with E-state index in [1.54, 1.807) is 0 Å². The number of fused-ring (bicyclic) bond motifs is 1. The molecule has 3 heteroatoms. The first kappa shape index (κ1) is 13.1. The molecule has 1 N–H and O–H groups in total. The highest BCUT2D eigenvalue weighted by molar-refractivity contribution is 5.31. The van der Waals surface area contributed by atoms with Crippen molar-refractivity contribution in [3.63, 3.8) is 0 Å². The number of piperidine rings is 1. The molecule has 0 amide bonds. The molecule has 2 aliphatic heterocycles. The summed E-state index contributed by atoms with van der Waals surface area (Å²) < 4.78 is 12.3. The van der Waals surface area contributed by atoms with Crippen molar-refractivity contribution in [3.8, 4) is 0 Å². The van der Waals surface area contributed by atoms with Gasteiger partial charge in [0.1, 0.15) is 0 Å². The third-order valence-electron chi connectivity index (χ3n) is 4.43. The molecule has 1 fully saturated rings. The summed E-state index contributed by atoms with van der Waals surface area (Å²) in [5.74, 6) is -0.0166. The minimum Gasteiger partial charge on any atom is -0.345 e. The quantitative estimate of drug-likeness (QED) is 0.843. The largest absolute Gasteiger partial charge is 0.345 e. The van der Waals surface area contributed by atoms with Crippen LogP contribution < -0.4 is 5.32 Å². The van der Waals surface area contributed by atoms with Gasteiger partial charge in [-0.15, -0.1) is 0 Å². The van der Waals surface area contributed by atoms with Crippen LogP contribution in [0, 0.1) is 12.8 Å². The highest BCUT2D eigenvalue weighted by Crippen LogP contribution is 2.34. The Morgan fingerprint density at radius 2 is 2.00 bits per heavy atom. The van der Waals surface area contributed by atoms with E-state index < -0.39 is 5.79 Å². The molecular weight excluding hydrogens is 238 g/mol. The molecular formula is C16H23NO2. The molecule has 1 aromatic rings. The predicted octanol–water partition coefficient (Wildman–Crippen LogP) is 2.76. The van der Waals surface area contributed by atoms with Gasteiger partial charge >= 0.3 is 0 Å². The SMILES string of the molecule is Cc1ccc2c(c1)COC(C)(C1CCCNC1)OC2. The van der Waals surface area contributed by atoms with Crippen molar-refractivity contribution >= 4 is 0 Å². The van der Waals surface area contributed by atoms with Crippen LogP contribution in [0.25, 0.3) is 0 Å². The minimum atomic E-state index is -0.458. The van der Waals surface area contributed by atoms with Gasteiger partial charge in [-0.25, -0.2) is 0 Å². The molecule has 0 aromatic heterocycles. The Morgan fingerprint density at radius 3 is 2.74 bits per heavy atom.